The van der Waals surface area contributed by atoms with Crippen LogP contribution in [0.5, 0.6) is 0 Å². The van der Waals surface area contributed by atoms with Crippen LogP contribution in [0.25, 0.3) is 16.8 Å². The molecule has 2 unspecified atom stereocenters. The first kappa shape index (κ1) is 17.9. The summed E-state index contributed by atoms with van der Waals surface area (Å²) >= 11 is 0. The standard InChI is InChI=1S/C24H27N5O/c30-24(27-11-2-1-3-12-27)20-15-26-29-21(5-4-6-22(20)29)18-8-10-23(25-14-18)28-16-17-7-9-19(28)13-17/h4-6,8,10,14-15,17,19H,1-3,7,9,11-13,16H2. The Kier molecular flexibility index (Phi) is 4.25. The maximum Gasteiger partial charge on any atom is 0.257 e. The SMILES string of the molecule is O=C(c1cnn2c(-c3ccc(N4CC5CCC4C5)nc3)cccc12)N1CCCCC1. The van der Waals surface area contributed by atoms with E-state index in [1.807, 2.05) is 33.8 Å². The lowest BCUT2D eigenvalue weighted by atomic mass is 10.1. The van der Waals surface area contributed by atoms with E-state index in [1.54, 1.807) is 6.20 Å². The Hall–Kier alpha value is -2.89. The highest BCUT2D eigenvalue weighted by molar-refractivity contribution is 6.01. The topological polar surface area (TPSA) is 53.7 Å². The van der Waals surface area contributed by atoms with Gasteiger partial charge in [0.15, 0.2) is 0 Å². The van der Waals surface area contributed by atoms with Crippen LogP contribution in [0.4, 0.5) is 5.82 Å². The van der Waals surface area contributed by atoms with Crippen LogP contribution in [0.15, 0.2) is 42.7 Å². The number of aromatic nitrogens is 3. The molecule has 6 heteroatoms. The van der Waals surface area contributed by atoms with E-state index in [9.17, 15) is 4.79 Å². The van der Waals surface area contributed by atoms with E-state index in [2.05, 4.69) is 22.1 Å². The summed E-state index contributed by atoms with van der Waals surface area (Å²) in [5.74, 6) is 2.03. The van der Waals surface area contributed by atoms with Gasteiger partial charge < -0.3 is 9.80 Å². The van der Waals surface area contributed by atoms with Crippen molar-refractivity contribution >= 4 is 17.2 Å². The third kappa shape index (κ3) is 2.89. The number of anilines is 1. The minimum Gasteiger partial charge on any atom is -0.353 e. The number of amides is 1. The van der Waals surface area contributed by atoms with Gasteiger partial charge in [-0.15, -0.1) is 0 Å². The second kappa shape index (κ2) is 7.11. The molecule has 154 valence electrons. The highest BCUT2D eigenvalue weighted by atomic mass is 16.2. The lowest BCUT2D eigenvalue weighted by Crippen LogP contribution is -2.35. The van der Waals surface area contributed by atoms with Gasteiger partial charge in [-0.2, -0.15) is 5.10 Å². The van der Waals surface area contributed by atoms with Gasteiger partial charge in [0.25, 0.3) is 5.91 Å². The molecule has 3 aromatic rings. The monoisotopic (exact) mass is 401 g/mol. The first-order chi connectivity index (χ1) is 14.8. The Morgan fingerprint density at radius 1 is 1.00 bits per heavy atom. The lowest BCUT2D eigenvalue weighted by Gasteiger charge is -2.28. The first-order valence-corrected chi connectivity index (χ1v) is 11.3. The van der Waals surface area contributed by atoms with E-state index < -0.39 is 0 Å². The van der Waals surface area contributed by atoms with Crippen molar-refractivity contribution in [2.45, 2.75) is 44.6 Å². The summed E-state index contributed by atoms with van der Waals surface area (Å²) in [5.41, 5.74) is 3.54. The maximum absolute atomic E-state index is 13.0. The molecule has 2 aliphatic heterocycles. The third-order valence-electron chi connectivity index (χ3n) is 7.16. The van der Waals surface area contributed by atoms with Gasteiger partial charge in [0.2, 0.25) is 0 Å². The molecule has 6 nitrogen and oxygen atoms in total. The van der Waals surface area contributed by atoms with Gasteiger partial charge in [-0.1, -0.05) is 6.07 Å². The van der Waals surface area contributed by atoms with E-state index in [1.165, 1.54) is 25.7 Å². The van der Waals surface area contributed by atoms with Crippen molar-refractivity contribution in [3.63, 3.8) is 0 Å². The Balaban J connectivity index is 1.31. The molecule has 0 N–H and O–H groups in total. The molecule has 2 atom stereocenters. The number of hydrogen-bond acceptors (Lipinski definition) is 4. The van der Waals surface area contributed by atoms with Crippen LogP contribution in [0.2, 0.25) is 0 Å². The van der Waals surface area contributed by atoms with Crippen LogP contribution in [0.1, 0.15) is 48.9 Å². The molecule has 30 heavy (non-hydrogen) atoms. The largest absolute Gasteiger partial charge is 0.353 e. The molecular weight excluding hydrogens is 374 g/mol. The number of rotatable bonds is 3. The van der Waals surface area contributed by atoms with Crippen LogP contribution in [0.3, 0.4) is 0 Å². The van der Waals surface area contributed by atoms with E-state index in [-0.39, 0.29) is 5.91 Å². The zero-order valence-electron chi connectivity index (χ0n) is 17.2. The molecule has 6 rings (SSSR count). The van der Waals surface area contributed by atoms with Crippen LogP contribution in [-0.4, -0.2) is 51.1 Å². The van der Waals surface area contributed by atoms with Crippen molar-refractivity contribution in [2.75, 3.05) is 24.5 Å². The molecule has 1 aliphatic carbocycles. The fourth-order valence-electron chi connectivity index (χ4n) is 5.57. The quantitative estimate of drug-likeness (QED) is 0.665. The summed E-state index contributed by atoms with van der Waals surface area (Å²) in [6.45, 7) is 2.84. The lowest BCUT2D eigenvalue weighted by molar-refractivity contribution is 0.0726. The Labute approximate surface area is 176 Å². The molecule has 0 radical (unpaired) electrons. The molecule has 0 spiro atoms. The highest BCUT2D eigenvalue weighted by Crippen LogP contribution is 2.39. The first-order valence-electron chi connectivity index (χ1n) is 11.3. The third-order valence-corrected chi connectivity index (χ3v) is 7.16. The van der Waals surface area contributed by atoms with Crippen LogP contribution in [0, 0.1) is 5.92 Å². The van der Waals surface area contributed by atoms with E-state index >= 15 is 0 Å². The van der Waals surface area contributed by atoms with Crippen LogP contribution >= 0.6 is 0 Å². The minimum absolute atomic E-state index is 0.0967. The summed E-state index contributed by atoms with van der Waals surface area (Å²) < 4.78 is 1.88. The van der Waals surface area contributed by atoms with Gasteiger partial charge in [-0.3, -0.25) is 4.79 Å². The second-order valence-electron chi connectivity index (χ2n) is 9.01. The van der Waals surface area contributed by atoms with Crippen LogP contribution < -0.4 is 4.90 Å². The van der Waals surface area contributed by atoms with E-state index in [0.29, 0.717) is 11.6 Å². The molecule has 2 bridgehead atoms. The van der Waals surface area contributed by atoms with E-state index in [4.69, 9.17) is 4.98 Å². The highest BCUT2D eigenvalue weighted by Gasteiger charge is 2.38. The summed E-state index contributed by atoms with van der Waals surface area (Å²) in [6.07, 6.45) is 11.1. The summed E-state index contributed by atoms with van der Waals surface area (Å²) in [7, 11) is 0. The number of likely N-dealkylation sites (tertiary alicyclic amines) is 1. The Morgan fingerprint density at radius 2 is 1.90 bits per heavy atom. The van der Waals surface area contributed by atoms with Crippen molar-refractivity contribution in [3.8, 4) is 11.3 Å². The van der Waals surface area contributed by atoms with Crippen LogP contribution in [-0.2, 0) is 0 Å². The van der Waals surface area contributed by atoms with Crippen molar-refractivity contribution in [2.24, 2.45) is 5.92 Å². The molecule has 2 saturated heterocycles. The maximum atomic E-state index is 13.0. The molecule has 1 saturated carbocycles. The number of pyridine rings is 2. The predicted octanol–water partition coefficient (Wildman–Crippen LogP) is 4.01. The summed E-state index contributed by atoms with van der Waals surface area (Å²) in [6, 6.07) is 11.0. The number of hydrogen-bond donors (Lipinski definition) is 0. The van der Waals surface area contributed by atoms with Gasteiger partial charge in [0.05, 0.1) is 23.0 Å². The van der Waals surface area contributed by atoms with Gasteiger partial charge in [-0.25, -0.2) is 9.50 Å². The minimum atomic E-state index is 0.0967. The molecular formula is C24H27N5O. The Morgan fingerprint density at radius 3 is 2.63 bits per heavy atom. The van der Waals surface area contributed by atoms with Gasteiger partial charge >= 0.3 is 0 Å². The van der Waals surface area contributed by atoms with Crippen molar-refractivity contribution in [3.05, 3.63) is 48.3 Å². The van der Waals surface area contributed by atoms with Crippen molar-refractivity contribution in [1.29, 1.82) is 0 Å². The van der Waals surface area contributed by atoms with E-state index in [0.717, 1.165) is 61.0 Å². The summed E-state index contributed by atoms with van der Waals surface area (Å²) in [4.78, 5) is 22.3. The molecule has 1 amide bonds. The number of piperidine rings is 2. The number of carbonyl (C=O) groups is 1. The predicted molar refractivity (Wildman–Crippen MR) is 117 cm³/mol. The summed E-state index contributed by atoms with van der Waals surface area (Å²) in [5, 5.41) is 4.57. The molecule has 3 fully saturated rings. The number of carbonyl (C=O) groups excluding carboxylic acids is 1. The molecule has 0 aromatic carbocycles. The number of nitrogens with zero attached hydrogens (tertiary/aromatic N) is 5. The number of fused-ring (bicyclic) bond motifs is 3. The van der Waals surface area contributed by atoms with Gasteiger partial charge in [0.1, 0.15) is 5.82 Å². The van der Waals surface area contributed by atoms with Gasteiger partial charge in [-0.05, 0) is 68.7 Å². The fraction of sp³-hybridized carbons (Fsp3) is 0.458. The fourth-order valence-corrected chi connectivity index (χ4v) is 5.57. The normalized spacial score (nSPS) is 23.5. The average molecular weight is 402 g/mol. The molecule has 3 aliphatic rings. The zero-order chi connectivity index (χ0) is 20.1. The van der Waals surface area contributed by atoms with Crippen molar-refractivity contribution in [1.82, 2.24) is 19.5 Å². The smallest absolute Gasteiger partial charge is 0.257 e. The molecule has 5 heterocycles. The zero-order valence-corrected chi connectivity index (χ0v) is 17.2. The molecule has 3 aromatic heterocycles. The van der Waals surface area contributed by atoms with Gasteiger partial charge in [0, 0.05) is 37.4 Å². The van der Waals surface area contributed by atoms with Crippen molar-refractivity contribution < 1.29 is 4.79 Å². The second-order valence-corrected chi connectivity index (χ2v) is 9.01. The Bertz CT molecular complexity index is 1080. The average Bonchev–Trinajstić information content (AvgIpc) is 3.55.